The standard InChI is InChI=1S/C20H22N2O4/c1-13-5-4-9-21-18(13)19(22-10-3-2-6-15(22)20(23)24)14-7-8-16-17(11-14)26-12-25-16/h4-5,7-9,11,15,19H,2-3,6,10,12H2,1H3,(H,23,24). The third kappa shape index (κ3) is 3.01. The van der Waals surface area contributed by atoms with Gasteiger partial charge in [-0.15, -0.1) is 0 Å². The highest BCUT2D eigenvalue weighted by molar-refractivity contribution is 5.73. The lowest BCUT2D eigenvalue weighted by Crippen LogP contribution is -2.47. The molecule has 1 saturated heterocycles. The molecule has 2 atom stereocenters. The minimum absolute atomic E-state index is 0.216. The van der Waals surface area contributed by atoms with Gasteiger partial charge in [0.25, 0.3) is 0 Å². The van der Waals surface area contributed by atoms with Crippen LogP contribution in [0, 0.1) is 6.92 Å². The lowest BCUT2D eigenvalue weighted by molar-refractivity contribution is -0.145. The molecular weight excluding hydrogens is 332 g/mol. The van der Waals surface area contributed by atoms with Crippen molar-refractivity contribution in [3.8, 4) is 11.5 Å². The van der Waals surface area contributed by atoms with Gasteiger partial charge in [-0.3, -0.25) is 14.7 Å². The van der Waals surface area contributed by atoms with Gasteiger partial charge in [0, 0.05) is 6.20 Å². The fourth-order valence-corrected chi connectivity index (χ4v) is 3.90. The summed E-state index contributed by atoms with van der Waals surface area (Å²) in [6, 6.07) is 9.01. The molecule has 26 heavy (non-hydrogen) atoms. The predicted molar refractivity (Wildman–Crippen MR) is 95.4 cm³/mol. The number of ether oxygens (including phenoxy) is 2. The molecule has 2 aliphatic heterocycles. The molecule has 1 aromatic carbocycles. The number of aryl methyl sites for hydroxylation is 1. The van der Waals surface area contributed by atoms with E-state index < -0.39 is 12.0 Å². The normalized spacial score (nSPS) is 20.7. The second kappa shape index (κ2) is 6.96. The molecule has 4 rings (SSSR count). The minimum atomic E-state index is -0.774. The van der Waals surface area contributed by atoms with Crippen LogP contribution in [0.3, 0.4) is 0 Å². The highest BCUT2D eigenvalue weighted by Gasteiger charge is 2.36. The maximum Gasteiger partial charge on any atom is 0.320 e. The fraction of sp³-hybridized carbons (Fsp3) is 0.400. The summed E-state index contributed by atoms with van der Waals surface area (Å²) in [5.74, 6) is 0.646. The Kier molecular flexibility index (Phi) is 4.51. The highest BCUT2D eigenvalue weighted by Crippen LogP contribution is 2.39. The van der Waals surface area contributed by atoms with Crippen LogP contribution in [0.1, 0.15) is 42.1 Å². The zero-order chi connectivity index (χ0) is 18.1. The maximum atomic E-state index is 11.9. The first-order chi connectivity index (χ1) is 12.6. The first kappa shape index (κ1) is 16.8. The van der Waals surface area contributed by atoms with Gasteiger partial charge < -0.3 is 14.6 Å². The number of fused-ring (bicyclic) bond motifs is 1. The lowest BCUT2D eigenvalue weighted by atomic mass is 9.92. The van der Waals surface area contributed by atoms with Crippen LogP contribution in [-0.2, 0) is 4.79 Å². The number of rotatable bonds is 4. The second-order valence-corrected chi connectivity index (χ2v) is 6.81. The minimum Gasteiger partial charge on any atom is -0.480 e. The topological polar surface area (TPSA) is 71.9 Å². The molecule has 2 unspecified atom stereocenters. The smallest absolute Gasteiger partial charge is 0.320 e. The molecule has 0 radical (unpaired) electrons. The van der Waals surface area contributed by atoms with E-state index in [1.807, 2.05) is 37.3 Å². The quantitative estimate of drug-likeness (QED) is 0.909. The molecular formula is C20H22N2O4. The Hall–Kier alpha value is -2.60. The van der Waals surface area contributed by atoms with E-state index in [4.69, 9.17) is 9.47 Å². The van der Waals surface area contributed by atoms with Gasteiger partial charge in [0.05, 0.1) is 11.7 Å². The average Bonchev–Trinajstić information content (AvgIpc) is 3.12. The Balaban J connectivity index is 1.82. The largest absolute Gasteiger partial charge is 0.480 e. The van der Waals surface area contributed by atoms with Gasteiger partial charge in [0.1, 0.15) is 6.04 Å². The number of carboxylic acids is 1. The van der Waals surface area contributed by atoms with Crippen LogP contribution < -0.4 is 9.47 Å². The summed E-state index contributed by atoms with van der Waals surface area (Å²) in [4.78, 5) is 18.6. The first-order valence-corrected chi connectivity index (χ1v) is 8.95. The van der Waals surface area contributed by atoms with Crippen molar-refractivity contribution in [1.29, 1.82) is 0 Å². The number of pyridine rings is 1. The van der Waals surface area contributed by atoms with E-state index in [-0.39, 0.29) is 12.8 Å². The molecule has 2 aliphatic rings. The van der Waals surface area contributed by atoms with Crippen molar-refractivity contribution >= 4 is 5.97 Å². The van der Waals surface area contributed by atoms with E-state index in [1.54, 1.807) is 6.20 Å². The Labute approximate surface area is 152 Å². The number of nitrogens with zero attached hydrogens (tertiary/aromatic N) is 2. The molecule has 136 valence electrons. The van der Waals surface area contributed by atoms with Crippen molar-refractivity contribution in [2.45, 2.75) is 38.3 Å². The second-order valence-electron chi connectivity index (χ2n) is 6.81. The number of piperidine rings is 1. The molecule has 1 aromatic heterocycles. The van der Waals surface area contributed by atoms with Gasteiger partial charge in [0.2, 0.25) is 6.79 Å². The number of aromatic nitrogens is 1. The van der Waals surface area contributed by atoms with E-state index in [9.17, 15) is 9.90 Å². The lowest BCUT2D eigenvalue weighted by Gasteiger charge is -2.39. The number of carbonyl (C=O) groups is 1. The summed E-state index contributed by atoms with van der Waals surface area (Å²) in [6.07, 6.45) is 4.34. The fourth-order valence-electron chi connectivity index (χ4n) is 3.90. The molecule has 6 heteroatoms. The number of hydrogen-bond donors (Lipinski definition) is 1. The molecule has 0 spiro atoms. The SMILES string of the molecule is Cc1cccnc1C(c1ccc2c(c1)OCO2)N1CCCCC1C(=O)O. The summed E-state index contributed by atoms with van der Waals surface area (Å²) in [6.45, 7) is 2.96. The summed E-state index contributed by atoms with van der Waals surface area (Å²) >= 11 is 0. The van der Waals surface area contributed by atoms with Gasteiger partial charge in [-0.25, -0.2) is 0 Å². The molecule has 1 N–H and O–H groups in total. The van der Waals surface area contributed by atoms with Crippen molar-refractivity contribution in [3.05, 3.63) is 53.3 Å². The Morgan fingerprint density at radius 1 is 1.27 bits per heavy atom. The van der Waals surface area contributed by atoms with E-state index in [0.29, 0.717) is 12.2 Å². The predicted octanol–water partition coefficient (Wildman–Crippen LogP) is 3.15. The summed E-state index contributed by atoms with van der Waals surface area (Å²) in [5, 5.41) is 9.77. The monoisotopic (exact) mass is 354 g/mol. The van der Waals surface area contributed by atoms with Crippen molar-refractivity contribution in [1.82, 2.24) is 9.88 Å². The molecule has 1 fully saturated rings. The van der Waals surface area contributed by atoms with Crippen LogP contribution in [0.5, 0.6) is 11.5 Å². The average molecular weight is 354 g/mol. The van der Waals surface area contributed by atoms with E-state index in [0.717, 1.165) is 42.0 Å². The van der Waals surface area contributed by atoms with E-state index in [1.165, 1.54) is 0 Å². The third-order valence-corrected chi connectivity index (χ3v) is 5.18. The van der Waals surface area contributed by atoms with E-state index >= 15 is 0 Å². The first-order valence-electron chi connectivity index (χ1n) is 8.95. The number of benzene rings is 1. The molecule has 0 aliphatic carbocycles. The molecule has 3 heterocycles. The highest BCUT2D eigenvalue weighted by atomic mass is 16.7. The Bertz CT molecular complexity index is 823. The van der Waals surface area contributed by atoms with Crippen molar-refractivity contribution in [2.75, 3.05) is 13.3 Å². The molecule has 0 amide bonds. The van der Waals surface area contributed by atoms with Crippen molar-refractivity contribution in [3.63, 3.8) is 0 Å². The van der Waals surface area contributed by atoms with E-state index in [2.05, 4.69) is 9.88 Å². The van der Waals surface area contributed by atoms with Crippen LogP contribution in [-0.4, -0.2) is 40.3 Å². The Morgan fingerprint density at radius 3 is 2.92 bits per heavy atom. The Morgan fingerprint density at radius 2 is 2.12 bits per heavy atom. The summed E-state index contributed by atoms with van der Waals surface area (Å²) in [7, 11) is 0. The summed E-state index contributed by atoms with van der Waals surface area (Å²) < 4.78 is 11.0. The van der Waals surface area contributed by atoms with Crippen LogP contribution in [0.25, 0.3) is 0 Å². The zero-order valence-electron chi connectivity index (χ0n) is 14.7. The van der Waals surface area contributed by atoms with Crippen LogP contribution in [0.4, 0.5) is 0 Å². The third-order valence-electron chi connectivity index (χ3n) is 5.18. The molecule has 6 nitrogen and oxygen atoms in total. The molecule has 0 bridgehead atoms. The van der Waals surface area contributed by atoms with Gasteiger partial charge >= 0.3 is 5.97 Å². The van der Waals surface area contributed by atoms with Crippen LogP contribution in [0.2, 0.25) is 0 Å². The number of carboxylic acid groups (broad SMARTS) is 1. The van der Waals surface area contributed by atoms with Gasteiger partial charge in [0.15, 0.2) is 11.5 Å². The van der Waals surface area contributed by atoms with Gasteiger partial charge in [-0.2, -0.15) is 0 Å². The van der Waals surface area contributed by atoms with Crippen molar-refractivity contribution < 1.29 is 19.4 Å². The van der Waals surface area contributed by atoms with Gasteiger partial charge in [-0.05, 0) is 55.6 Å². The summed E-state index contributed by atoms with van der Waals surface area (Å²) in [5.41, 5.74) is 2.91. The number of aliphatic carboxylic acids is 1. The number of hydrogen-bond acceptors (Lipinski definition) is 5. The van der Waals surface area contributed by atoms with Crippen molar-refractivity contribution in [2.24, 2.45) is 0 Å². The number of likely N-dealkylation sites (tertiary alicyclic amines) is 1. The van der Waals surface area contributed by atoms with Crippen LogP contribution >= 0.6 is 0 Å². The van der Waals surface area contributed by atoms with Crippen LogP contribution in [0.15, 0.2) is 36.5 Å². The molecule has 0 saturated carbocycles. The molecule has 2 aromatic rings. The maximum absolute atomic E-state index is 11.9. The zero-order valence-corrected chi connectivity index (χ0v) is 14.7. The van der Waals surface area contributed by atoms with Gasteiger partial charge in [-0.1, -0.05) is 18.6 Å².